The van der Waals surface area contributed by atoms with Crippen molar-refractivity contribution in [3.8, 4) is 5.75 Å². The highest BCUT2D eigenvalue weighted by molar-refractivity contribution is 5.87. The number of para-hydroxylation sites is 1. The third kappa shape index (κ3) is 2.57. The average Bonchev–Trinajstić information content (AvgIpc) is 2.94. The summed E-state index contributed by atoms with van der Waals surface area (Å²) in [6.45, 7) is 2.63. The summed E-state index contributed by atoms with van der Waals surface area (Å²) in [5.74, 6) is 0.861. The highest BCUT2D eigenvalue weighted by Gasteiger charge is 1.99. The molecule has 1 N–H and O–H groups in total. The molecule has 0 bridgehead atoms. The predicted molar refractivity (Wildman–Crippen MR) is 83.2 cm³/mol. The molecule has 1 heterocycles. The number of H-pyrrole nitrogens is 1. The van der Waals surface area contributed by atoms with Crippen molar-refractivity contribution in [2.75, 3.05) is 6.61 Å². The zero-order chi connectivity index (χ0) is 13.8. The van der Waals surface area contributed by atoms with Crippen LogP contribution in [0, 0.1) is 0 Å². The number of nitrogens with one attached hydrogen (secondary N) is 1. The molecule has 3 rings (SSSR count). The monoisotopic (exact) mass is 264 g/mol. The fourth-order valence-electron chi connectivity index (χ4n) is 2.13. The number of rotatable bonds is 4. The minimum absolute atomic E-state index is 0.652. The van der Waals surface area contributed by atoms with Gasteiger partial charge in [0.2, 0.25) is 0 Å². The Morgan fingerprint density at radius 3 is 2.95 bits per heavy atom. The summed E-state index contributed by atoms with van der Waals surface area (Å²) in [5.41, 5.74) is 3.00. The summed E-state index contributed by atoms with van der Waals surface area (Å²) in [5, 5.41) is 1.19. The van der Waals surface area contributed by atoms with E-state index >= 15 is 0 Å². The maximum Gasteiger partial charge on any atom is 0.128 e. The zero-order valence-corrected chi connectivity index (χ0v) is 11.3. The molecule has 3 aromatic rings. The van der Waals surface area contributed by atoms with E-state index in [1.54, 1.807) is 0 Å². The van der Waals surface area contributed by atoms with Crippen molar-refractivity contribution in [2.24, 2.45) is 4.99 Å². The average molecular weight is 264 g/mol. The van der Waals surface area contributed by atoms with Gasteiger partial charge < -0.3 is 9.72 Å². The molecule has 3 nitrogen and oxygen atoms in total. The van der Waals surface area contributed by atoms with Gasteiger partial charge in [-0.25, -0.2) is 0 Å². The number of ether oxygens (including phenoxy) is 1. The van der Waals surface area contributed by atoms with Gasteiger partial charge in [0, 0.05) is 23.5 Å². The topological polar surface area (TPSA) is 37.4 Å². The van der Waals surface area contributed by atoms with Crippen molar-refractivity contribution in [1.29, 1.82) is 0 Å². The number of hydrogen-bond acceptors (Lipinski definition) is 2. The van der Waals surface area contributed by atoms with Crippen LogP contribution >= 0.6 is 0 Å². The molecule has 0 aliphatic carbocycles. The van der Waals surface area contributed by atoms with E-state index in [0.717, 1.165) is 22.5 Å². The molecule has 0 radical (unpaired) electrons. The van der Waals surface area contributed by atoms with E-state index in [-0.39, 0.29) is 0 Å². The van der Waals surface area contributed by atoms with Gasteiger partial charge in [-0.3, -0.25) is 4.99 Å². The zero-order valence-electron chi connectivity index (χ0n) is 11.3. The lowest BCUT2D eigenvalue weighted by atomic mass is 10.2. The highest BCUT2D eigenvalue weighted by Crippen LogP contribution is 2.21. The van der Waals surface area contributed by atoms with Crippen molar-refractivity contribution >= 4 is 22.8 Å². The number of aliphatic imine (C=N–C) groups is 1. The van der Waals surface area contributed by atoms with E-state index < -0.39 is 0 Å². The van der Waals surface area contributed by atoms with Crippen LogP contribution in [-0.2, 0) is 0 Å². The minimum atomic E-state index is 0.652. The van der Waals surface area contributed by atoms with Crippen molar-refractivity contribution < 1.29 is 4.74 Å². The van der Waals surface area contributed by atoms with Crippen LogP contribution in [0.25, 0.3) is 10.9 Å². The van der Waals surface area contributed by atoms with Gasteiger partial charge in [0.1, 0.15) is 5.75 Å². The number of benzene rings is 2. The van der Waals surface area contributed by atoms with Gasteiger partial charge in [0.25, 0.3) is 0 Å². The lowest BCUT2D eigenvalue weighted by Crippen LogP contribution is -1.95. The molecule has 0 amide bonds. The summed E-state index contributed by atoms with van der Waals surface area (Å²) < 4.78 is 5.59. The van der Waals surface area contributed by atoms with E-state index in [9.17, 15) is 0 Å². The van der Waals surface area contributed by atoms with Gasteiger partial charge in [-0.15, -0.1) is 0 Å². The quantitative estimate of drug-likeness (QED) is 0.700. The van der Waals surface area contributed by atoms with Crippen LogP contribution < -0.4 is 4.74 Å². The van der Waals surface area contributed by atoms with E-state index in [1.165, 1.54) is 5.39 Å². The smallest absolute Gasteiger partial charge is 0.128 e. The largest absolute Gasteiger partial charge is 0.493 e. The van der Waals surface area contributed by atoms with Crippen LogP contribution in [0.15, 0.2) is 59.7 Å². The van der Waals surface area contributed by atoms with Crippen LogP contribution in [0.3, 0.4) is 0 Å². The molecule has 0 aliphatic rings. The lowest BCUT2D eigenvalue weighted by Gasteiger charge is -2.05. The molecular formula is C17H16N2O. The maximum absolute atomic E-state index is 5.59. The molecule has 0 saturated carbocycles. The lowest BCUT2D eigenvalue weighted by molar-refractivity contribution is 0.340. The number of nitrogens with zero attached hydrogens (tertiary/aromatic N) is 1. The Hall–Kier alpha value is -2.55. The van der Waals surface area contributed by atoms with Gasteiger partial charge in [-0.05, 0) is 42.6 Å². The predicted octanol–water partition coefficient (Wildman–Crippen LogP) is 4.32. The minimum Gasteiger partial charge on any atom is -0.493 e. The SMILES string of the molecule is CCOc1ccccc1C=Nc1ccc2cc[nH]c2c1. The Morgan fingerprint density at radius 2 is 2.05 bits per heavy atom. The van der Waals surface area contributed by atoms with E-state index in [1.807, 2.05) is 61.8 Å². The molecule has 0 fully saturated rings. The first kappa shape index (κ1) is 12.5. The molecule has 0 unspecified atom stereocenters. The Morgan fingerprint density at radius 1 is 1.15 bits per heavy atom. The highest BCUT2D eigenvalue weighted by atomic mass is 16.5. The Bertz CT molecular complexity index is 743. The van der Waals surface area contributed by atoms with Crippen molar-refractivity contribution in [1.82, 2.24) is 4.98 Å². The van der Waals surface area contributed by atoms with Crippen molar-refractivity contribution in [3.05, 3.63) is 60.3 Å². The fourth-order valence-corrected chi connectivity index (χ4v) is 2.13. The molecule has 3 heteroatoms. The molecule has 2 aromatic carbocycles. The van der Waals surface area contributed by atoms with E-state index in [4.69, 9.17) is 4.74 Å². The number of aromatic nitrogens is 1. The van der Waals surface area contributed by atoms with Crippen LogP contribution in [0.2, 0.25) is 0 Å². The number of hydrogen-bond donors (Lipinski definition) is 1. The molecule has 0 saturated heterocycles. The molecule has 20 heavy (non-hydrogen) atoms. The second kappa shape index (κ2) is 5.61. The molecule has 100 valence electrons. The summed E-state index contributed by atoms with van der Waals surface area (Å²) >= 11 is 0. The summed E-state index contributed by atoms with van der Waals surface area (Å²) in [6.07, 6.45) is 3.78. The number of fused-ring (bicyclic) bond motifs is 1. The Kier molecular flexibility index (Phi) is 3.50. The molecule has 0 aliphatic heterocycles. The van der Waals surface area contributed by atoms with Gasteiger partial charge in [0.05, 0.1) is 12.3 Å². The third-order valence-electron chi connectivity index (χ3n) is 3.11. The van der Waals surface area contributed by atoms with Gasteiger partial charge >= 0.3 is 0 Å². The molecular weight excluding hydrogens is 248 g/mol. The van der Waals surface area contributed by atoms with Crippen LogP contribution in [0.4, 0.5) is 5.69 Å². The molecule has 0 atom stereocenters. The van der Waals surface area contributed by atoms with Gasteiger partial charge in [-0.1, -0.05) is 18.2 Å². The maximum atomic E-state index is 5.59. The van der Waals surface area contributed by atoms with Crippen LogP contribution in [-0.4, -0.2) is 17.8 Å². The Labute approximate surface area is 117 Å². The van der Waals surface area contributed by atoms with Crippen molar-refractivity contribution in [3.63, 3.8) is 0 Å². The Balaban J connectivity index is 1.89. The second-order valence-electron chi connectivity index (χ2n) is 4.48. The first-order chi connectivity index (χ1) is 9.86. The number of aromatic amines is 1. The summed E-state index contributed by atoms with van der Waals surface area (Å²) in [4.78, 5) is 7.72. The summed E-state index contributed by atoms with van der Waals surface area (Å²) in [6, 6.07) is 16.1. The standard InChI is InChI=1S/C17H16N2O/c1-2-20-17-6-4-3-5-14(17)12-19-15-8-7-13-9-10-18-16(13)11-15/h3-12,18H,2H2,1H3. The summed E-state index contributed by atoms with van der Waals surface area (Å²) in [7, 11) is 0. The fraction of sp³-hybridized carbons (Fsp3) is 0.118. The molecule has 1 aromatic heterocycles. The van der Waals surface area contributed by atoms with E-state index in [0.29, 0.717) is 6.61 Å². The van der Waals surface area contributed by atoms with Crippen molar-refractivity contribution in [2.45, 2.75) is 6.92 Å². The van der Waals surface area contributed by atoms with Gasteiger partial charge in [0.15, 0.2) is 0 Å². The van der Waals surface area contributed by atoms with Crippen LogP contribution in [0.1, 0.15) is 12.5 Å². The van der Waals surface area contributed by atoms with E-state index in [2.05, 4.69) is 16.0 Å². The first-order valence-corrected chi connectivity index (χ1v) is 6.70. The first-order valence-electron chi connectivity index (χ1n) is 6.70. The second-order valence-corrected chi connectivity index (χ2v) is 4.48. The molecule has 0 spiro atoms. The van der Waals surface area contributed by atoms with Gasteiger partial charge in [-0.2, -0.15) is 0 Å². The third-order valence-corrected chi connectivity index (χ3v) is 3.11. The van der Waals surface area contributed by atoms with Crippen LogP contribution in [0.5, 0.6) is 5.75 Å². The normalized spacial score (nSPS) is 11.2.